The van der Waals surface area contributed by atoms with Crippen LogP contribution in [0.2, 0.25) is 0 Å². The van der Waals surface area contributed by atoms with E-state index in [9.17, 15) is 0 Å². The molecule has 0 aliphatic carbocycles. The highest BCUT2D eigenvalue weighted by Crippen LogP contribution is 2.27. The normalized spacial score (nSPS) is 11.6. The minimum atomic E-state index is 0.395. The molecule has 6 heteroatoms. The molecule has 4 rings (SSSR count). The SMILES string of the molecule is CCCCCCCCCCCCCCCCOCCCc1[c]c2ccccc2cc1-n1cnc2c(N)ncnc21. The van der Waals surface area contributed by atoms with Crippen molar-refractivity contribution in [1.29, 1.82) is 0 Å². The van der Waals surface area contributed by atoms with Gasteiger partial charge in [0.2, 0.25) is 0 Å². The number of unbranched alkanes of at least 4 members (excludes halogenated alkanes) is 13. The summed E-state index contributed by atoms with van der Waals surface area (Å²) >= 11 is 0. The molecular weight excluding hydrogens is 494 g/mol. The molecule has 0 spiro atoms. The molecule has 0 amide bonds. The molecule has 2 heterocycles. The molecule has 4 aromatic rings. The predicted octanol–water partition coefficient (Wildman–Crippen LogP) is 8.78. The highest BCUT2D eigenvalue weighted by atomic mass is 16.5. The van der Waals surface area contributed by atoms with Crippen molar-refractivity contribution >= 4 is 27.8 Å². The minimum absolute atomic E-state index is 0.395. The Morgan fingerprint density at radius 1 is 0.775 bits per heavy atom. The Morgan fingerprint density at radius 2 is 1.43 bits per heavy atom. The van der Waals surface area contributed by atoms with Gasteiger partial charge in [-0.1, -0.05) is 115 Å². The molecule has 0 aliphatic heterocycles. The molecule has 40 heavy (non-hydrogen) atoms. The van der Waals surface area contributed by atoms with Gasteiger partial charge in [-0.25, -0.2) is 15.0 Å². The van der Waals surface area contributed by atoms with Crippen molar-refractivity contribution < 1.29 is 4.74 Å². The maximum Gasteiger partial charge on any atom is 0.170 e. The van der Waals surface area contributed by atoms with Gasteiger partial charge in [-0.2, -0.15) is 0 Å². The Labute approximate surface area is 240 Å². The molecular formula is C34H48N5O. The highest BCUT2D eigenvalue weighted by Gasteiger charge is 2.14. The second kappa shape index (κ2) is 17.0. The molecule has 0 unspecified atom stereocenters. The summed E-state index contributed by atoms with van der Waals surface area (Å²) in [7, 11) is 0. The van der Waals surface area contributed by atoms with Crippen molar-refractivity contribution in [3.8, 4) is 5.69 Å². The van der Waals surface area contributed by atoms with Gasteiger partial charge in [-0.3, -0.25) is 4.57 Å². The fourth-order valence-corrected chi connectivity index (χ4v) is 5.48. The number of imidazole rings is 1. The lowest BCUT2D eigenvalue weighted by Gasteiger charge is -2.13. The zero-order chi connectivity index (χ0) is 27.8. The average Bonchev–Trinajstić information content (AvgIpc) is 3.41. The third-order valence-corrected chi connectivity index (χ3v) is 7.83. The number of benzene rings is 2. The monoisotopic (exact) mass is 542 g/mol. The van der Waals surface area contributed by atoms with Crippen molar-refractivity contribution in [2.24, 2.45) is 0 Å². The molecule has 0 saturated heterocycles. The maximum atomic E-state index is 6.03. The third kappa shape index (κ3) is 9.02. The van der Waals surface area contributed by atoms with Crippen molar-refractivity contribution in [1.82, 2.24) is 19.5 Å². The molecule has 0 bridgehead atoms. The number of anilines is 1. The van der Waals surface area contributed by atoms with E-state index >= 15 is 0 Å². The Hall–Kier alpha value is -2.99. The molecule has 1 radical (unpaired) electrons. The topological polar surface area (TPSA) is 78.9 Å². The molecule has 2 aromatic heterocycles. The maximum absolute atomic E-state index is 6.03. The summed E-state index contributed by atoms with van der Waals surface area (Å²) in [4.78, 5) is 13.0. The fourth-order valence-electron chi connectivity index (χ4n) is 5.48. The van der Waals surface area contributed by atoms with Crippen LogP contribution in [-0.2, 0) is 11.2 Å². The second-order valence-electron chi connectivity index (χ2n) is 11.1. The van der Waals surface area contributed by atoms with Crippen molar-refractivity contribution in [2.75, 3.05) is 18.9 Å². The Balaban J connectivity index is 1.13. The van der Waals surface area contributed by atoms with Crippen LogP contribution in [0.3, 0.4) is 0 Å². The molecule has 0 aliphatic rings. The fraction of sp³-hybridized carbons (Fsp3) is 0.559. The zero-order valence-corrected chi connectivity index (χ0v) is 24.5. The van der Waals surface area contributed by atoms with E-state index in [-0.39, 0.29) is 0 Å². The van der Waals surface area contributed by atoms with Gasteiger partial charge in [0.05, 0.1) is 5.69 Å². The number of fused-ring (bicyclic) bond motifs is 2. The number of nitrogens with zero attached hydrogens (tertiary/aromatic N) is 4. The van der Waals surface area contributed by atoms with E-state index < -0.39 is 0 Å². The number of rotatable bonds is 20. The summed E-state index contributed by atoms with van der Waals surface area (Å²) in [6.45, 7) is 3.91. The largest absolute Gasteiger partial charge is 0.382 e. The molecule has 0 atom stereocenters. The van der Waals surface area contributed by atoms with E-state index in [1.165, 1.54) is 89.8 Å². The van der Waals surface area contributed by atoms with Crippen molar-refractivity contribution in [2.45, 2.75) is 110 Å². The highest BCUT2D eigenvalue weighted by molar-refractivity contribution is 5.87. The Morgan fingerprint density at radius 3 is 2.15 bits per heavy atom. The average molecular weight is 543 g/mol. The predicted molar refractivity (Wildman–Crippen MR) is 167 cm³/mol. The standard InChI is InChI=1S/C34H48N5O/c1-2-3-4-5-6-7-8-9-10-11-12-13-14-17-22-40-23-18-21-30-24-28-19-15-16-20-29(28)25-31(30)39-27-38-32-33(35)36-26-37-34(32)39/h15-16,19-20,25-27H,2-14,17-18,21-23H2,1H3,(H2,35,36,37). The first-order valence-electron chi connectivity index (χ1n) is 15.7. The van der Waals surface area contributed by atoms with Crippen LogP contribution in [0.25, 0.3) is 27.6 Å². The van der Waals surface area contributed by atoms with Crippen LogP contribution in [0.15, 0.2) is 43.0 Å². The molecule has 2 aromatic carbocycles. The second-order valence-corrected chi connectivity index (χ2v) is 11.1. The number of aromatic nitrogens is 4. The smallest absolute Gasteiger partial charge is 0.170 e. The van der Waals surface area contributed by atoms with Gasteiger partial charge >= 0.3 is 0 Å². The lowest BCUT2D eigenvalue weighted by molar-refractivity contribution is 0.127. The van der Waals surface area contributed by atoms with E-state index in [1.807, 2.05) is 4.57 Å². The third-order valence-electron chi connectivity index (χ3n) is 7.83. The van der Waals surface area contributed by atoms with Crippen LogP contribution in [0.1, 0.15) is 109 Å². The van der Waals surface area contributed by atoms with Gasteiger partial charge in [0.15, 0.2) is 17.0 Å². The van der Waals surface area contributed by atoms with E-state index in [0.29, 0.717) is 17.0 Å². The lowest BCUT2D eigenvalue weighted by Crippen LogP contribution is -2.04. The van der Waals surface area contributed by atoms with Gasteiger partial charge in [0.1, 0.15) is 12.7 Å². The van der Waals surface area contributed by atoms with Gasteiger partial charge in [-0.05, 0) is 47.7 Å². The molecule has 2 N–H and O–H groups in total. The summed E-state index contributed by atoms with van der Waals surface area (Å²) in [6.07, 6.45) is 24.4. The number of nitrogens with two attached hydrogens (primary N) is 1. The lowest BCUT2D eigenvalue weighted by atomic mass is 10.0. The molecule has 0 saturated carbocycles. The van der Waals surface area contributed by atoms with Crippen LogP contribution >= 0.6 is 0 Å². The number of aryl methyl sites for hydroxylation is 1. The van der Waals surface area contributed by atoms with Gasteiger partial charge < -0.3 is 10.5 Å². The van der Waals surface area contributed by atoms with E-state index in [0.717, 1.165) is 54.5 Å². The van der Waals surface area contributed by atoms with Crippen LogP contribution in [-0.4, -0.2) is 32.7 Å². The quantitative estimate of drug-likeness (QED) is 0.113. The summed E-state index contributed by atoms with van der Waals surface area (Å²) in [5.74, 6) is 0.395. The Kier molecular flexibility index (Phi) is 12.7. The first-order chi connectivity index (χ1) is 19.8. The summed E-state index contributed by atoms with van der Waals surface area (Å²) in [5.41, 5.74) is 9.54. The van der Waals surface area contributed by atoms with Gasteiger partial charge in [-0.15, -0.1) is 0 Å². The summed E-state index contributed by atoms with van der Waals surface area (Å²) < 4.78 is 8.00. The number of hydrogen-bond acceptors (Lipinski definition) is 5. The first-order valence-corrected chi connectivity index (χ1v) is 15.7. The van der Waals surface area contributed by atoms with Crippen LogP contribution < -0.4 is 5.73 Å². The molecule has 215 valence electrons. The van der Waals surface area contributed by atoms with E-state index in [4.69, 9.17) is 10.5 Å². The molecule has 0 fully saturated rings. The number of ether oxygens (including phenoxy) is 1. The summed E-state index contributed by atoms with van der Waals surface area (Å²) in [5, 5.41) is 2.25. The minimum Gasteiger partial charge on any atom is -0.382 e. The van der Waals surface area contributed by atoms with Crippen molar-refractivity contribution in [3.05, 3.63) is 54.6 Å². The Bertz CT molecular complexity index is 1280. The number of hydrogen-bond donors (Lipinski definition) is 1. The van der Waals surface area contributed by atoms with Crippen LogP contribution in [0.5, 0.6) is 0 Å². The van der Waals surface area contributed by atoms with Crippen molar-refractivity contribution in [3.63, 3.8) is 0 Å². The van der Waals surface area contributed by atoms with E-state index in [2.05, 4.69) is 58.3 Å². The van der Waals surface area contributed by atoms with Gasteiger partial charge in [0, 0.05) is 13.2 Å². The van der Waals surface area contributed by atoms with E-state index in [1.54, 1.807) is 6.33 Å². The zero-order valence-electron chi connectivity index (χ0n) is 24.5. The van der Waals surface area contributed by atoms with Crippen LogP contribution in [0.4, 0.5) is 5.82 Å². The number of nitrogen functional groups attached to an aromatic ring is 1. The first kappa shape index (κ1) is 30.0. The van der Waals surface area contributed by atoms with Gasteiger partial charge in [0.25, 0.3) is 0 Å². The molecule has 6 nitrogen and oxygen atoms in total. The summed E-state index contributed by atoms with van der Waals surface area (Å²) in [6, 6.07) is 14.2. The van der Waals surface area contributed by atoms with Crippen LogP contribution in [0, 0.1) is 6.07 Å².